The van der Waals surface area contributed by atoms with E-state index in [0.29, 0.717) is 12.1 Å². The molecule has 1 aromatic rings. The first-order chi connectivity index (χ1) is 7.56. The van der Waals surface area contributed by atoms with Gasteiger partial charge in [0, 0.05) is 26.2 Å². The van der Waals surface area contributed by atoms with Crippen molar-refractivity contribution >= 4 is 5.91 Å². The van der Waals surface area contributed by atoms with E-state index < -0.39 is 6.10 Å². The molecule has 1 atom stereocenters. The zero-order valence-corrected chi connectivity index (χ0v) is 9.90. The molecular weight excluding hydrogens is 204 g/mol. The first-order valence-electron chi connectivity index (χ1n) is 5.20. The second-order valence-corrected chi connectivity index (χ2v) is 3.90. The first kappa shape index (κ1) is 12.7. The summed E-state index contributed by atoms with van der Waals surface area (Å²) in [6.45, 7) is 0.501. The Balaban J connectivity index is 2.79. The molecule has 4 nitrogen and oxygen atoms in total. The third-order valence-corrected chi connectivity index (χ3v) is 2.35. The SMILES string of the molecule is CNCC(O)c1ccc(C(=O)N(C)C)cc1. The maximum Gasteiger partial charge on any atom is 0.253 e. The minimum absolute atomic E-state index is 0.0327. The fourth-order valence-electron chi connectivity index (χ4n) is 1.42. The fourth-order valence-corrected chi connectivity index (χ4v) is 1.42. The lowest BCUT2D eigenvalue weighted by Gasteiger charge is -2.13. The summed E-state index contributed by atoms with van der Waals surface area (Å²) < 4.78 is 0. The maximum atomic E-state index is 11.6. The lowest BCUT2D eigenvalue weighted by molar-refractivity contribution is 0.0827. The highest BCUT2D eigenvalue weighted by Gasteiger charge is 2.10. The molecule has 0 aliphatic carbocycles. The van der Waals surface area contributed by atoms with Gasteiger partial charge in [0.05, 0.1) is 6.10 Å². The van der Waals surface area contributed by atoms with E-state index in [2.05, 4.69) is 5.32 Å². The van der Waals surface area contributed by atoms with E-state index in [1.54, 1.807) is 45.4 Å². The summed E-state index contributed by atoms with van der Waals surface area (Å²) in [6, 6.07) is 7.02. The molecule has 0 saturated carbocycles. The summed E-state index contributed by atoms with van der Waals surface area (Å²) >= 11 is 0. The van der Waals surface area contributed by atoms with Gasteiger partial charge in [-0.25, -0.2) is 0 Å². The van der Waals surface area contributed by atoms with Gasteiger partial charge in [-0.1, -0.05) is 12.1 Å². The van der Waals surface area contributed by atoms with Crippen LogP contribution < -0.4 is 5.32 Å². The number of benzene rings is 1. The van der Waals surface area contributed by atoms with Crippen LogP contribution in [-0.2, 0) is 0 Å². The second-order valence-electron chi connectivity index (χ2n) is 3.90. The molecule has 0 radical (unpaired) electrons. The van der Waals surface area contributed by atoms with E-state index in [0.717, 1.165) is 5.56 Å². The third-order valence-electron chi connectivity index (χ3n) is 2.35. The highest BCUT2D eigenvalue weighted by molar-refractivity contribution is 5.93. The van der Waals surface area contributed by atoms with Crippen LogP contribution in [0.25, 0.3) is 0 Å². The molecule has 1 amide bonds. The van der Waals surface area contributed by atoms with Crippen LogP contribution in [0.3, 0.4) is 0 Å². The number of likely N-dealkylation sites (N-methyl/N-ethyl adjacent to an activating group) is 1. The second kappa shape index (κ2) is 5.63. The van der Waals surface area contributed by atoms with Gasteiger partial charge in [0.1, 0.15) is 0 Å². The normalized spacial score (nSPS) is 12.2. The Bertz CT molecular complexity index is 347. The number of aliphatic hydroxyl groups excluding tert-OH is 1. The highest BCUT2D eigenvalue weighted by atomic mass is 16.3. The van der Waals surface area contributed by atoms with Gasteiger partial charge in [0.15, 0.2) is 0 Å². The number of amides is 1. The summed E-state index contributed by atoms with van der Waals surface area (Å²) in [6.07, 6.45) is -0.534. The molecule has 0 heterocycles. The van der Waals surface area contributed by atoms with Gasteiger partial charge in [-0.3, -0.25) is 4.79 Å². The number of carbonyl (C=O) groups excluding carboxylic acids is 1. The molecule has 16 heavy (non-hydrogen) atoms. The lowest BCUT2D eigenvalue weighted by atomic mass is 10.1. The molecule has 2 N–H and O–H groups in total. The summed E-state index contributed by atoms with van der Waals surface area (Å²) in [5.41, 5.74) is 1.44. The lowest BCUT2D eigenvalue weighted by Crippen LogP contribution is -2.21. The van der Waals surface area contributed by atoms with Crippen molar-refractivity contribution in [2.24, 2.45) is 0 Å². The van der Waals surface area contributed by atoms with Crippen LogP contribution in [0.5, 0.6) is 0 Å². The van der Waals surface area contributed by atoms with E-state index in [1.165, 1.54) is 4.90 Å². The Kier molecular flexibility index (Phi) is 4.46. The third kappa shape index (κ3) is 3.05. The van der Waals surface area contributed by atoms with E-state index >= 15 is 0 Å². The van der Waals surface area contributed by atoms with E-state index in [1.807, 2.05) is 0 Å². The molecule has 1 unspecified atom stereocenters. The number of rotatable bonds is 4. The zero-order chi connectivity index (χ0) is 12.1. The molecule has 4 heteroatoms. The van der Waals surface area contributed by atoms with Gasteiger partial charge in [-0.2, -0.15) is 0 Å². The Hall–Kier alpha value is -1.39. The van der Waals surface area contributed by atoms with Crippen molar-refractivity contribution in [1.82, 2.24) is 10.2 Å². The minimum Gasteiger partial charge on any atom is -0.387 e. The van der Waals surface area contributed by atoms with Crippen LogP contribution in [0.4, 0.5) is 0 Å². The Morgan fingerprint density at radius 1 is 1.38 bits per heavy atom. The van der Waals surface area contributed by atoms with Crippen molar-refractivity contribution in [3.63, 3.8) is 0 Å². The number of aliphatic hydroxyl groups is 1. The number of carbonyl (C=O) groups is 1. The molecule has 0 aliphatic rings. The van der Waals surface area contributed by atoms with Gasteiger partial charge < -0.3 is 15.3 Å². The molecule has 0 aromatic heterocycles. The fraction of sp³-hybridized carbons (Fsp3) is 0.417. The van der Waals surface area contributed by atoms with Crippen molar-refractivity contribution in [2.75, 3.05) is 27.7 Å². The van der Waals surface area contributed by atoms with Gasteiger partial charge in [0.25, 0.3) is 5.91 Å². The van der Waals surface area contributed by atoms with Gasteiger partial charge in [-0.15, -0.1) is 0 Å². The van der Waals surface area contributed by atoms with Crippen molar-refractivity contribution in [1.29, 1.82) is 0 Å². The van der Waals surface area contributed by atoms with Crippen LogP contribution in [0.1, 0.15) is 22.0 Å². The smallest absolute Gasteiger partial charge is 0.253 e. The summed E-state index contributed by atoms with van der Waals surface area (Å²) in [5.74, 6) is -0.0327. The Morgan fingerprint density at radius 2 is 1.94 bits per heavy atom. The average Bonchev–Trinajstić information content (AvgIpc) is 2.28. The molecule has 0 saturated heterocycles. The molecule has 1 aromatic carbocycles. The van der Waals surface area contributed by atoms with E-state index in [9.17, 15) is 9.90 Å². The standard InChI is InChI=1S/C12H18N2O2/c1-13-8-11(15)9-4-6-10(7-5-9)12(16)14(2)3/h4-7,11,13,15H,8H2,1-3H3. The molecule has 88 valence electrons. The monoisotopic (exact) mass is 222 g/mol. The number of hydrogen-bond acceptors (Lipinski definition) is 3. The predicted molar refractivity (Wildman–Crippen MR) is 63.3 cm³/mol. The molecular formula is C12H18N2O2. The summed E-state index contributed by atoms with van der Waals surface area (Å²) in [5, 5.41) is 12.6. The number of hydrogen-bond donors (Lipinski definition) is 2. The number of nitrogens with one attached hydrogen (secondary N) is 1. The van der Waals surface area contributed by atoms with Crippen LogP contribution >= 0.6 is 0 Å². The van der Waals surface area contributed by atoms with Crippen LogP contribution in [0, 0.1) is 0 Å². The van der Waals surface area contributed by atoms with Crippen molar-refractivity contribution in [3.05, 3.63) is 35.4 Å². The van der Waals surface area contributed by atoms with Gasteiger partial charge in [0.2, 0.25) is 0 Å². The van der Waals surface area contributed by atoms with E-state index in [-0.39, 0.29) is 5.91 Å². The Morgan fingerprint density at radius 3 is 2.38 bits per heavy atom. The molecule has 0 fully saturated rings. The largest absolute Gasteiger partial charge is 0.387 e. The summed E-state index contributed by atoms with van der Waals surface area (Å²) in [4.78, 5) is 13.1. The molecule has 0 aliphatic heterocycles. The van der Waals surface area contributed by atoms with Gasteiger partial charge >= 0.3 is 0 Å². The highest BCUT2D eigenvalue weighted by Crippen LogP contribution is 2.13. The molecule has 1 rings (SSSR count). The Labute approximate surface area is 95.9 Å². The van der Waals surface area contributed by atoms with Crippen molar-refractivity contribution in [2.45, 2.75) is 6.10 Å². The molecule has 0 spiro atoms. The number of nitrogens with zero attached hydrogens (tertiary/aromatic N) is 1. The molecule has 0 bridgehead atoms. The van der Waals surface area contributed by atoms with Crippen molar-refractivity contribution < 1.29 is 9.90 Å². The van der Waals surface area contributed by atoms with E-state index in [4.69, 9.17) is 0 Å². The average molecular weight is 222 g/mol. The zero-order valence-electron chi connectivity index (χ0n) is 9.90. The topological polar surface area (TPSA) is 52.6 Å². The summed E-state index contributed by atoms with van der Waals surface area (Å²) in [7, 11) is 5.21. The first-order valence-corrected chi connectivity index (χ1v) is 5.20. The quantitative estimate of drug-likeness (QED) is 0.786. The maximum absolute atomic E-state index is 11.6. The minimum atomic E-state index is -0.534. The van der Waals surface area contributed by atoms with Crippen molar-refractivity contribution in [3.8, 4) is 0 Å². The predicted octanol–water partition coefficient (Wildman–Crippen LogP) is 0.641. The van der Waals surface area contributed by atoms with Crippen LogP contribution in [-0.4, -0.2) is 43.6 Å². The van der Waals surface area contributed by atoms with Crippen LogP contribution in [0.2, 0.25) is 0 Å². The van der Waals surface area contributed by atoms with Gasteiger partial charge in [-0.05, 0) is 24.7 Å². The van der Waals surface area contributed by atoms with Crippen LogP contribution in [0.15, 0.2) is 24.3 Å².